The van der Waals surface area contributed by atoms with Crippen LogP contribution in [-0.4, -0.2) is 31.7 Å². The molecule has 0 saturated carbocycles. The standard InChI is InChI=1S/C17H23NO2/c1-19-10-8-14-5-4-9-18(12-14)13-16-11-15-6-2-3-7-17(15)20-16/h2-3,6-7,11,14H,4-5,8-10,12-13H2,1H3/t14-/m0/s1. The Morgan fingerprint density at radius 1 is 1.35 bits per heavy atom. The van der Waals surface area contributed by atoms with Gasteiger partial charge in [0.2, 0.25) is 0 Å². The van der Waals surface area contributed by atoms with E-state index in [1.807, 2.05) is 12.1 Å². The minimum absolute atomic E-state index is 0.771. The van der Waals surface area contributed by atoms with Gasteiger partial charge < -0.3 is 9.15 Å². The minimum atomic E-state index is 0.771. The normalized spacial score (nSPS) is 20.6. The van der Waals surface area contributed by atoms with Gasteiger partial charge in [-0.2, -0.15) is 0 Å². The molecule has 1 aromatic heterocycles. The highest BCUT2D eigenvalue weighted by atomic mass is 16.5. The monoisotopic (exact) mass is 273 g/mol. The number of para-hydroxylation sites is 1. The Morgan fingerprint density at radius 3 is 3.10 bits per heavy atom. The molecular formula is C17H23NO2. The highest BCUT2D eigenvalue weighted by molar-refractivity contribution is 5.77. The molecule has 2 heterocycles. The van der Waals surface area contributed by atoms with Gasteiger partial charge in [-0.25, -0.2) is 0 Å². The molecule has 1 aliphatic heterocycles. The number of likely N-dealkylation sites (tertiary alicyclic amines) is 1. The Labute approximate surface area is 120 Å². The summed E-state index contributed by atoms with van der Waals surface area (Å²) in [7, 11) is 1.79. The molecule has 3 heteroatoms. The summed E-state index contributed by atoms with van der Waals surface area (Å²) in [5, 5.41) is 1.20. The van der Waals surface area contributed by atoms with E-state index in [1.54, 1.807) is 7.11 Å². The molecule has 3 rings (SSSR count). The van der Waals surface area contributed by atoms with E-state index < -0.39 is 0 Å². The molecule has 0 spiro atoms. The average molecular weight is 273 g/mol. The Kier molecular flexibility index (Phi) is 4.38. The molecule has 20 heavy (non-hydrogen) atoms. The Hall–Kier alpha value is -1.32. The number of ether oxygens (including phenoxy) is 1. The van der Waals surface area contributed by atoms with Crippen LogP contribution in [0.5, 0.6) is 0 Å². The van der Waals surface area contributed by atoms with E-state index in [0.29, 0.717) is 0 Å². The third-order valence-corrected chi connectivity index (χ3v) is 4.19. The zero-order chi connectivity index (χ0) is 13.8. The fraction of sp³-hybridized carbons (Fsp3) is 0.529. The van der Waals surface area contributed by atoms with Crippen LogP contribution < -0.4 is 0 Å². The van der Waals surface area contributed by atoms with Gasteiger partial charge in [0.25, 0.3) is 0 Å². The predicted octanol–water partition coefficient (Wildman–Crippen LogP) is 3.68. The average Bonchev–Trinajstić information content (AvgIpc) is 2.87. The van der Waals surface area contributed by atoms with E-state index in [9.17, 15) is 0 Å². The topological polar surface area (TPSA) is 25.6 Å². The van der Waals surface area contributed by atoms with E-state index in [2.05, 4.69) is 23.1 Å². The molecule has 0 unspecified atom stereocenters. The second-order valence-corrected chi connectivity index (χ2v) is 5.78. The van der Waals surface area contributed by atoms with Crippen LogP contribution in [0.15, 0.2) is 34.7 Å². The van der Waals surface area contributed by atoms with Crippen LogP contribution in [0.1, 0.15) is 25.0 Å². The van der Waals surface area contributed by atoms with E-state index in [4.69, 9.17) is 9.15 Å². The number of benzene rings is 1. The number of rotatable bonds is 5. The van der Waals surface area contributed by atoms with E-state index in [-0.39, 0.29) is 0 Å². The molecule has 0 bridgehead atoms. The Bertz CT molecular complexity index is 516. The minimum Gasteiger partial charge on any atom is -0.460 e. The SMILES string of the molecule is COCC[C@@H]1CCCN(Cc2cc3ccccc3o2)C1. The summed E-state index contributed by atoms with van der Waals surface area (Å²) in [5.74, 6) is 1.85. The first kappa shape index (κ1) is 13.7. The van der Waals surface area contributed by atoms with Crippen LogP contribution >= 0.6 is 0 Å². The van der Waals surface area contributed by atoms with Gasteiger partial charge in [0, 0.05) is 25.6 Å². The molecule has 1 fully saturated rings. The van der Waals surface area contributed by atoms with Crippen molar-refractivity contribution in [2.24, 2.45) is 5.92 Å². The molecule has 1 saturated heterocycles. The molecule has 0 aliphatic carbocycles. The summed E-state index contributed by atoms with van der Waals surface area (Å²) in [6.07, 6.45) is 3.79. The molecule has 1 aliphatic rings. The molecule has 0 amide bonds. The predicted molar refractivity (Wildman–Crippen MR) is 80.7 cm³/mol. The molecule has 0 radical (unpaired) electrons. The third kappa shape index (κ3) is 3.22. The summed E-state index contributed by atoms with van der Waals surface area (Å²) >= 11 is 0. The van der Waals surface area contributed by atoms with Crippen LogP contribution in [0, 0.1) is 5.92 Å². The van der Waals surface area contributed by atoms with Crippen LogP contribution in [-0.2, 0) is 11.3 Å². The summed E-state index contributed by atoms with van der Waals surface area (Å²) in [4.78, 5) is 2.52. The first-order valence-corrected chi connectivity index (χ1v) is 7.54. The second-order valence-electron chi connectivity index (χ2n) is 5.78. The number of fused-ring (bicyclic) bond motifs is 1. The van der Waals surface area contributed by atoms with Crippen molar-refractivity contribution in [3.8, 4) is 0 Å². The summed E-state index contributed by atoms with van der Waals surface area (Å²) in [6, 6.07) is 10.4. The van der Waals surface area contributed by atoms with Crippen molar-refractivity contribution in [3.05, 3.63) is 36.1 Å². The molecular weight excluding hydrogens is 250 g/mol. The van der Waals surface area contributed by atoms with Crippen LogP contribution in [0.2, 0.25) is 0 Å². The van der Waals surface area contributed by atoms with E-state index in [1.165, 1.54) is 37.7 Å². The van der Waals surface area contributed by atoms with Crippen molar-refractivity contribution in [1.82, 2.24) is 4.90 Å². The van der Waals surface area contributed by atoms with Gasteiger partial charge in [0.1, 0.15) is 11.3 Å². The number of furan rings is 1. The zero-order valence-corrected chi connectivity index (χ0v) is 12.2. The molecule has 3 nitrogen and oxygen atoms in total. The Balaban J connectivity index is 1.61. The van der Waals surface area contributed by atoms with Crippen LogP contribution in [0.4, 0.5) is 0 Å². The lowest BCUT2D eigenvalue weighted by Gasteiger charge is -2.32. The summed E-state index contributed by atoms with van der Waals surface area (Å²) in [6.45, 7) is 4.15. The van der Waals surface area contributed by atoms with Crippen molar-refractivity contribution < 1.29 is 9.15 Å². The van der Waals surface area contributed by atoms with Crippen molar-refractivity contribution in [2.45, 2.75) is 25.8 Å². The number of hydrogen-bond donors (Lipinski definition) is 0. The molecule has 2 aromatic rings. The number of piperidine rings is 1. The quantitative estimate of drug-likeness (QED) is 0.831. The lowest BCUT2D eigenvalue weighted by atomic mass is 9.95. The second kappa shape index (κ2) is 6.42. The fourth-order valence-electron chi connectivity index (χ4n) is 3.15. The first-order chi connectivity index (χ1) is 9.85. The molecule has 1 aromatic carbocycles. The van der Waals surface area contributed by atoms with Crippen LogP contribution in [0.3, 0.4) is 0 Å². The fourth-order valence-corrected chi connectivity index (χ4v) is 3.15. The highest BCUT2D eigenvalue weighted by Gasteiger charge is 2.20. The van der Waals surface area contributed by atoms with E-state index in [0.717, 1.165) is 30.4 Å². The molecule has 0 N–H and O–H groups in total. The molecule has 1 atom stereocenters. The zero-order valence-electron chi connectivity index (χ0n) is 12.2. The maximum atomic E-state index is 5.92. The van der Waals surface area contributed by atoms with Crippen molar-refractivity contribution in [2.75, 3.05) is 26.8 Å². The van der Waals surface area contributed by atoms with Crippen LogP contribution in [0.25, 0.3) is 11.0 Å². The van der Waals surface area contributed by atoms with Gasteiger partial charge in [-0.15, -0.1) is 0 Å². The van der Waals surface area contributed by atoms with Crippen molar-refractivity contribution >= 4 is 11.0 Å². The lowest BCUT2D eigenvalue weighted by molar-refractivity contribution is 0.119. The van der Waals surface area contributed by atoms with Crippen molar-refractivity contribution in [3.63, 3.8) is 0 Å². The highest BCUT2D eigenvalue weighted by Crippen LogP contribution is 2.24. The maximum Gasteiger partial charge on any atom is 0.134 e. The number of methoxy groups -OCH3 is 1. The number of hydrogen-bond acceptors (Lipinski definition) is 3. The smallest absolute Gasteiger partial charge is 0.134 e. The Morgan fingerprint density at radius 2 is 2.25 bits per heavy atom. The van der Waals surface area contributed by atoms with Gasteiger partial charge in [0.05, 0.1) is 6.54 Å². The van der Waals surface area contributed by atoms with Gasteiger partial charge >= 0.3 is 0 Å². The van der Waals surface area contributed by atoms with Crippen molar-refractivity contribution in [1.29, 1.82) is 0 Å². The van der Waals surface area contributed by atoms with Gasteiger partial charge in [-0.1, -0.05) is 18.2 Å². The number of nitrogens with zero attached hydrogens (tertiary/aromatic N) is 1. The van der Waals surface area contributed by atoms with E-state index >= 15 is 0 Å². The lowest BCUT2D eigenvalue weighted by Crippen LogP contribution is -2.35. The van der Waals surface area contributed by atoms with Gasteiger partial charge in [0.15, 0.2) is 0 Å². The van der Waals surface area contributed by atoms with Gasteiger partial charge in [-0.3, -0.25) is 4.90 Å². The summed E-state index contributed by atoms with van der Waals surface area (Å²) in [5.41, 5.74) is 0.996. The van der Waals surface area contributed by atoms with Gasteiger partial charge in [-0.05, 0) is 43.9 Å². The first-order valence-electron chi connectivity index (χ1n) is 7.54. The molecule has 108 valence electrons. The largest absolute Gasteiger partial charge is 0.460 e. The third-order valence-electron chi connectivity index (χ3n) is 4.19. The summed E-state index contributed by atoms with van der Waals surface area (Å²) < 4.78 is 11.1. The maximum absolute atomic E-state index is 5.92.